The Kier molecular flexibility index (Phi) is 5.67. The van der Waals surface area contributed by atoms with Gasteiger partial charge in [-0.1, -0.05) is 12.1 Å². The molecule has 1 aromatic rings. The maximum atomic E-state index is 5.56. The van der Waals surface area contributed by atoms with E-state index in [0.717, 1.165) is 31.9 Å². The zero-order chi connectivity index (χ0) is 13.5. The number of piperidine rings is 1. The Labute approximate surface area is 116 Å². The summed E-state index contributed by atoms with van der Waals surface area (Å²) < 4.78 is 5.49. The minimum Gasteiger partial charge on any atom is -0.494 e. The van der Waals surface area contributed by atoms with E-state index in [1.165, 1.54) is 31.5 Å². The molecular weight excluding hydrogens is 236 g/mol. The van der Waals surface area contributed by atoms with Crippen LogP contribution in [0.15, 0.2) is 24.3 Å². The molecule has 1 aromatic carbocycles. The molecule has 1 aliphatic heterocycles. The van der Waals surface area contributed by atoms with Gasteiger partial charge in [-0.2, -0.15) is 0 Å². The molecule has 2 N–H and O–H groups in total. The molecule has 1 heterocycles. The highest BCUT2D eigenvalue weighted by atomic mass is 16.5. The Balaban J connectivity index is 1.83. The molecule has 19 heavy (non-hydrogen) atoms. The molecule has 0 aliphatic carbocycles. The summed E-state index contributed by atoms with van der Waals surface area (Å²) in [7, 11) is 0. The molecule has 1 saturated heterocycles. The molecule has 106 valence electrons. The summed E-state index contributed by atoms with van der Waals surface area (Å²) in [4.78, 5) is 2.54. The third-order valence-electron chi connectivity index (χ3n) is 3.93. The molecule has 0 atom stereocenters. The SMILES string of the molecule is CCOc1ccc(C2CCN(CCCN)CC2)cc1. The van der Waals surface area contributed by atoms with Crippen molar-refractivity contribution in [3.63, 3.8) is 0 Å². The van der Waals surface area contributed by atoms with Gasteiger partial charge in [0.05, 0.1) is 6.61 Å². The fourth-order valence-electron chi connectivity index (χ4n) is 2.81. The quantitative estimate of drug-likeness (QED) is 0.856. The van der Waals surface area contributed by atoms with Crippen LogP contribution >= 0.6 is 0 Å². The van der Waals surface area contributed by atoms with Crippen molar-refractivity contribution in [1.29, 1.82) is 0 Å². The molecule has 0 radical (unpaired) electrons. The van der Waals surface area contributed by atoms with Gasteiger partial charge in [0, 0.05) is 0 Å². The maximum Gasteiger partial charge on any atom is 0.119 e. The third kappa shape index (κ3) is 4.22. The lowest BCUT2D eigenvalue weighted by Gasteiger charge is -2.32. The van der Waals surface area contributed by atoms with Crippen molar-refractivity contribution in [2.24, 2.45) is 5.73 Å². The van der Waals surface area contributed by atoms with Crippen LogP contribution in [-0.4, -0.2) is 37.7 Å². The summed E-state index contributed by atoms with van der Waals surface area (Å²) >= 11 is 0. The van der Waals surface area contributed by atoms with Crippen LogP contribution in [0.2, 0.25) is 0 Å². The Morgan fingerprint density at radius 3 is 2.47 bits per heavy atom. The van der Waals surface area contributed by atoms with Gasteiger partial charge < -0.3 is 15.4 Å². The lowest BCUT2D eigenvalue weighted by molar-refractivity contribution is 0.211. The summed E-state index contributed by atoms with van der Waals surface area (Å²) in [6.07, 6.45) is 3.64. The Bertz CT molecular complexity index is 356. The van der Waals surface area contributed by atoms with Gasteiger partial charge in [0.1, 0.15) is 5.75 Å². The number of ether oxygens (including phenoxy) is 1. The second-order valence-electron chi connectivity index (χ2n) is 5.26. The number of likely N-dealkylation sites (tertiary alicyclic amines) is 1. The summed E-state index contributed by atoms with van der Waals surface area (Å²) in [5.74, 6) is 1.69. The first kappa shape index (κ1) is 14.4. The minimum atomic E-state index is 0.713. The third-order valence-corrected chi connectivity index (χ3v) is 3.93. The molecule has 0 aromatic heterocycles. The van der Waals surface area contributed by atoms with Crippen molar-refractivity contribution in [2.45, 2.75) is 32.1 Å². The van der Waals surface area contributed by atoms with Crippen molar-refractivity contribution in [3.8, 4) is 5.75 Å². The van der Waals surface area contributed by atoms with Crippen LogP contribution in [0, 0.1) is 0 Å². The van der Waals surface area contributed by atoms with E-state index in [4.69, 9.17) is 10.5 Å². The average Bonchev–Trinajstić information content (AvgIpc) is 2.47. The smallest absolute Gasteiger partial charge is 0.119 e. The van der Waals surface area contributed by atoms with Gasteiger partial charge in [0.2, 0.25) is 0 Å². The molecule has 0 amide bonds. The monoisotopic (exact) mass is 262 g/mol. The normalized spacial score (nSPS) is 17.6. The predicted octanol–water partition coefficient (Wildman–Crippen LogP) is 2.61. The van der Waals surface area contributed by atoms with E-state index in [-0.39, 0.29) is 0 Å². The summed E-state index contributed by atoms with van der Waals surface area (Å²) in [6, 6.07) is 8.65. The fraction of sp³-hybridized carbons (Fsp3) is 0.625. The molecule has 0 bridgehead atoms. The molecular formula is C16H26N2O. The van der Waals surface area contributed by atoms with Crippen LogP contribution in [0.1, 0.15) is 37.7 Å². The fourth-order valence-corrected chi connectivity index (χ4v) is 2.81. The zero-order valence-electron chi connectivity index (χ0n) is 12.0. The van der Waals surface area contributed by atoms with Gasteiger partial charge in [-0.05, 0) is 76.0 Å². The van der Waals surface area contributed by atoms with Crippen molar-refractivity contribution in [3.05, 3.63) is 29.8 Å². The molecule has 2 rings (SSSR count). The molecule has 1 fully saturated rings. The Morgan fingerprint density at radius 1 is 1.21 bits per heavy atom. The number of hydrogen-bond donors (Lipinski definition) is 1. The van der Waals surface area contributed by atoms with Crippen LogP contribution in [0.5, 0.6) is 5.75 Å². The summed E-state index contributed by atoms with van der Waals surface area (Å²) in [6.45, 7) is 7.13. The van der Waals surface area contributed by atoms with Crippen molar-refractivity contribution < 1.29 is 4.74 Å². The zero-order valence-corrected chi connectivity index (χ0v) is 12.0. The van der Waals surface area contributed by atoms with Crippen LogP contribution < -0.4 is 10.5 Å². The lowest BCUT2D eigenvalue weighted by Crippen LogP contribution is -2.34. The Hall–Kier alpha value is -1.06. The van der Waals surface area contributed by atoms with Gasteiger partial charge in [-0.15, -0.1) is 0 Å². The average molecular weight is 262 g/mol. The van der Waals surface area contributed by atoms with Crippen LogP contribution in [-0.2, 0) is 0 Å². The maximum absolute atomic E-state index is 5.56. The molecule has 0 saturated carbocycles. The van der Waals surface area contributed by atoms with E-state index >= 15 is 0 Å². The van der Waals surface area contributed by atoms with E-state index in [0.29, 0.717) is 5.92 Å². The number of hydrogen-bond acceptors (Lipinski definition) is 3. The van der Waals surface area contributed by atoms with Gasteiger partial charge in [0.15, 0.2) is 0 Å². The number of benzene rings is 1. The number of nitrogens with zero attached hydrogens (tertiary/aromatic N) is 1. The highest BCUT2D eigenvalue weighted by Gasteiger charge is 2.19. The largest absolute Gasteiger partial charge is 0.494 e. The van der Waals surface area contributed by atoms with E-state index < -0.39 is 0 Å². The van der Waals surface area contributed by atoms with Gasteiger partial charge in [-0.3, -0.25) is 0 Å². The minimum absolute atomic E-state index is 0.713. The van der Waals surface area contributed by atoms with Crippen molar-refractivity contribution in [1.82, 2.24) is 4.90 Å². The van der Waals surface area contributed by atoms with E-state index in [2.05, 4.69) is 29.2 Å². The first-order chi connectivity index (χ1) is 9.33. The summed E-state index contributed by atoms with van der Waals surface area (Å²) in [5.41, 5.74) is 7.02. The van der Waals surface area contributed by atoms with Gasteiger partial charge >= 0.3 is 0 Å². The number of rotatable bonds is 6. The highest BCUT2D eigenvalue weighted by Crippen LogP contribution is 2.29. The van der Waals surface area contributed by atoms with E-state index in [1.54, 1.807) is 0 Å². The predicted molar refractivity (Wildman–Crippen MR) is 79.7 cm³/mol. The lowest BCUT2D eigenvalue weighted by atomic mass is 9.89. The molecule has 0 unspecified atom stereocenters. The van der Waals surface area contributed by atoms with E-state index in [9.17, 15) is 0 Å². The van der Waals surface area contributed by atoms with Gasteiger partial charge in [-0.25, -0.2) is 0 Å². The second-order valence-corrected chi connectivity index (χ2v) is 5.26. The van der Waals surface area contributed by atoms with Crippen LogP contribution in [0.4, 0.5) is 0 Å². The van der Waals surface area contributed by atoms with Crippen LogP contribution in [0.25, 0.3) is 0 Å². The van der Waals surface area contributed by atoms with E-state index in [1.807, 2.05) is 6.92 Å². The van der Waals surface area contributed by atoms with Crippen molar-refractivity contribution in [2.75, 3.05) is 32.8 Å². The Morgan fingerprint density at radius 2 is 1.89 bits per heavy atom. The molecule has 1 aliphatic rings. The molecule has 0 spiro atoms. The highest BCUT2D eigenvalue weighted by molar-refractivity contribution is 5.29. The first-order valence-corrected chi connectivity index (χ1v) is 7.48. The second kappa shape index (κ2) is 7.51. The number of nitrogens with two attached hydrogens (primary N) is 1. The van der Waals surface area contributed by atoms with Crippen LogP contribution in [0.3, 0.4) is 0 Å². The topological polar surface area (TPSA) is 38.5 Å². The molecule has 3 heteroatoms. The standard InChI is InChI=1S/C16H26N2O/c1-2-19-16-6-4-14(5-7-16)15-8-12-18(13-9-15)11-3-10-17/h4-7,15H,2-3,8-13,17H2,1H3. The van der Waals surface area contributed by atoms with Crippen molar-refractivity contribution >= 4 is 0 Å². The first-order valence-electron chi connectivity index (χ1n) is 7.48. The summed E-state index contributed by atoms with van der Waals surface area (Å²) in [5, 5.41) is 0. The molecule has 3 nitrogen and oxygen atoms in total. The van der Waals surface area contributed by atoms with Gasteiger partial charge in [0.25, 0.3) is 0 Å².